The van der Waals surface area contributed by atoms with E-state index in [1.807, 2.05) is 48.2 Å². The molecule has 1 amide bonds. The number of carbonyl (C=O) groups excluding carboxylic acids is 1. The van der Waals surface area contributed by atoms with Crippen molar-refractivity contribution in [3.05, 3.63) is 65.4 Å². The van der Waals surface area contributed by atoms with Crippen molar-refractivity contribution in [2.75, 3.05) is 13.2 Å². The van der Waals surface area contributed by atoms with Crippen molar-refractivity contribution in [1.29, 1.82) is 0 Å². The molecule has 0 saturated carbocycles. The minimum Gasteiger partial charge on any atom is -0.493 e. The summed E-state index contributed by atoms with van der Waals surface area (Å²) in [5, 5.41) is 1.21. The molecule has 122 valence electrons. The van der Waals surface area contributed by atoms with E-state index in [0.717, 1.165) is 18.5 Å². The van der Waals surface area contributed by atoms with Crippen LogP contribution >= 0.6 is 0 Å². The average molecular weight is 320 g/mol. The van der Waals surface area contributed by atoms with Crippen molar-refractivity contribution < 1.29 is 9.53 Å². The number of amides is 1. The highest BCUT2D eigenvalue weighted by Crippen LogP contribution is 2.29. The van der Waals surface area contributed by atoms with Gasteiger partial charge in [-0.2, -0.15) is 0 Å². The summed E-state index contributed by atoms with van der Waals surface area (Å²) in [5.41, 5.74) is 4.27. The Morgan fingerprint density at radius 2 is 1.96 bits per heavy atom. The maximum atomic E-state index is 13.0. The van der Waals surface area contributed by atoms with Crippen molar-refractivity contribution in [1.82, 2.24) is 9.88 Å². The number of benzene rings is 2. The fourth-order valence-corrected chi connectivity index (χ4v) is 3.43. The summed E-state index contributed by atoms with van der Waals surface area (Å²) in [6.45, 7) is 3.84. The lowest BCUT2D eigenvalue weighted by Gasteiger charge is -2.28. The molecule has 1 aliphatic heterocycles. The number of rotatable bonds is 3. The lowest BCUT2D eigenvalue weighted by atomic mass is 10.0. The number of hydrogen-bond acceptors (Lipinski definition) is 2. The van der Waals surface area contributed by atoms with Gasteiger partial charge in [-0.15, -0.1) is 0 Å². The van der Waals surface area contributed by atoms with Gasteiger partial charge in [0.2, 0.25) is 0 Å². The summed E-state index contributed by atoms with van der Waals surface area (Å²) in [6.07, 6.45) is 0.854. The molecule has 0 saturated heterocycles. The van der Waals surface area contributed by atoms with Gasteiger partial charge < -0.3 is 14.6 Å². The van der Waals surface area contributed by atoms with E-state index in [-0.39, 0.29) is 5.91 Å². The van der Waals surface area contributed by atoms with Crippen LogP contribution in [-0.4, -0.2) is 28.9 Å². The van der Waals surface area contributed by atoms with Crippen LogP contribution in [0.4, 0.5) is 0 Å². The van der Waals surface area contributed by atoms with E-state index >= 15 is 0 Å². The smallest absolute Gasteiger partial charge is 0.257 e. The average Bonchev–Trinajstić information content (AvgIpc) is 3.00. The number of nitrogens with zero attached hydrogens (tertiary/aromatic N) is 1. The zero-order valence-corrected chi connectivity index (χ0v) is 13.7. The molecular weight excluding hydrogens is 300 g/mol. The summed E-state index contributed by atoms with van der Waals surface area (Å²) in [5.74, 6) is 0.699. The molecule has 2 heterocycles. The molecule has 0 unspecified atom stereocenters. The zero-order valence-electron chi connectivity index (χ0n) is 13.7. The zero-order chi connectivity index (χ0) is 16.5. The molecule has 1 aromatic heterocycles. The number of para-hydroxylation sites is 2. The molecule has 1 aliphatic rings. The van der Waals surface area contributed by atoms with E-state index in [1.165, 1.54) is 16.6 Å². The molecule has 4 nitrogen and oxygen atoms in total. The van der Waals surface area contributed by atoms with Crippen molar-refractivity contribution in [3.63, 3.8) is 0 Å². The van der Waals surface area contributed by atoms with Gasteiger partial charge in [0, 0.05) is 41.7 Å². The highest BCUT2D eigenvalue weighted by molar-refractivity contribution is 5.97. The maximum Gasteiger partial charge on any atom is 0.257 e. The van der Waals surface area contributed by atoms with E-state index in [4.69, 9.17) is 4.74 Å². The normalized spacial score (nSPS) is 13.8. The number of nitrogens with one attached hydrogen (secondary N) is 1. The molecule has 0 atom stereocenters. The number of ether oxygens (including phenoxy) is 1. The Bertz CT molecular complexity index is 898. The van der Waals surface area contributed by atoms with E-state index in [0.29, 0.717) is 24.5 Å². The Labute approximate surface area is 141 Å². The molecule has 4 rings (SSSR count). The van der Waals surface area contributed by atoms with E-state index in [9.17, 15) is 4.79 Å². The fourth-order valence-electron chi connectivity index (χ4n) is 3.43. The topological polar surface area (TPSA) is 45.3 Å². The molecule has 0 radical (unpaired) electrons. The second-order valence-electron chi connectivity index (χ2n) is 6.03. The van der Waals surface area contributed by atoms with Crippen molar-refractivity contribution in [3.8, 4) is 5.75 Å². The predicted octanol–water partition coefficient (Wildman–Crippen LogP) is 3.77. The third-order valence-corrected chi connectivity index (χ3v) is 4.59. The lowest BCUT2D eigenvalue weighted by Crippen LogP contribution is -2.36. The molecule has 2 aromatic carbocycles. The second kappa shape index (κ2) is 6.04. The Balaban J connectivity index is 1.66. The van der Waals surface area contributed by atoms with Gasteiger partial charge in [0.05, 0.1) is 12.2 Å². The quantitative estimate of drug-likeness (QED) is 0.798. The van der Waals surface area contributed by atoms with Crippen LogP contribution in [0.5, 0.6) is 5.75 Å². The van der Waals surface area contributed by atoms with E-state index in [1.54, 1.807) is 0 Å². The lowest BCUT2D eigenvalue weighted by molar-refractivity contribution is 0.0731. The van der Waals surface area contributed by atoms with Gasteiger partial charge in [-0.25, -0.2) is 0 Å². The molecule has 0 spiro atoms. The van der Waals surface area contributed by atoms with Crippen LogP contribution < -0.4 is 4.74 Å². The van der Waals surface area contributed by atoms with Gasteiger partial charge in [0.25, 0.3) is 5.91 Å². The number of aromatic nitrogens is 1. The minimum absolute atomic E-state index is 0.0370. The van der Waals surface area contributed by atoms with Gasteiger partial charge in [-0.05, 0) is 25.1 Å². The van der Waals surface area contributed by atoms with E-state index in [2.05, 4.69) is 17.1 Å². The van der Waals surface area contributed by atoms with Gasteiger partial charge in [-0.3, -0.25) is 4.79 Å². The minimum atomic E-state index is 0.0370. The summed E-state index contributed by atoms with van der Waals surface area (Å²) < 4.78 is 5.62. The Morgan fingerprint density at radius 1 is 1.17 bits per heavy atom. The summed E-state index contributed by atoms with van der Waals surface area (Å²) >= 11 is 0. The monoisotopic (exact) mass is 320 g/mol. The van der Waals surface area contributed by atoms with Crippen LogP contribution in [0.15, 0.2) is 48.5 Å². The molecule has 0 fully saturated rings. The van der Waals surface area contributed by atoms with Gasteiger partial charge in [0.15, 0.2) is 0 Å². The summed E-state index contributed by atoms with van der Waals surface area (Å²) in [7, 11) is 0. The van der Waals surface area contributed by atoms with Crippen molar-refractivity contribution in [2.45, 2.75) is 19.9 Å². The molecule has 0 bridgehead atoms. The highest BCUT2D eigenvalue weighted by atomic mass is 16.5. The first-order valence-electron chi connectivity index (χ1n) is 8.37. The van der Waals surface area contributed by atoms with Crippen LogP contribution in [-0.2, 0) is 13.0 Å². The third kappa shape index (κ3) is 2.44. The van der Waals surface area contributed by atoms with Gasteiger partial charge in [0.1, 0.15) is 5.75 Å². The predicted molar refractivity (Wildman–Crippen MR) is 94.4 cm³/mol. The second-order valence-corrected chi connectivity index (χ2v) is 6.03. The van der Waals surface area contributed by atoms with Crippen LogP contribution in [0.1, 0.15) is 28.5 Å². The van der Waals surface area contributed by atoms with E-state index < -0.39 is 0 Å². The summed E-state index contributed by atoms with van der Waals surface area (Å²) in [4.78, 5) is 18.4. The molecular formula is C20H20N2O2. The van der Waals surface area contributed by atoms with Crippen LogP contribution in [0.3, 0.4) is 0 Å². The first-order valence-corrected chi connectivity index (χ1v) is 8.37. The van der Waals surface area contributed by atoms with Crippen LogP contribution in [0, 0.1) is 0 Å². The largest absolute Gasteiger partial charge is 0.493 e. The highest BCUT2D eigenvalue weighted by Gasteiger charge is 2.26. The van der Waals surface area contributed by atoms with Crippen molar-refractivity contribution in [2.24, 2.45) is 0 Å². The Kier molecular flexibility index (Phi) is 3.73. The van der Waals surface area contributed by atoms with Crippen LogP contribution in [0.25, 0.3) is 10.9 Å². The number of carbonyl (C=O) groups is 1. The Morgan fingerprint density at radius 3 is 2.83 bits per heavy atom. The van der Waals surface area contributed by atoms with Crippen LogP contribution in [0.2, 0.25) is 0 Å². The van der Waals surface area contributed by atoms with Crippen molar-refractivity contribution >= 4 is 16.8 Å². The standard InChI is InChI=1S/C20H20N2O2/c1-2-24-19-10-6-4-8-15(19)20(23)22-12-11-18-16(13-22)14-7-3-5-9-17(14)21-18/h3-10,21H,2,11-13H2,1H3. The maximum absolute atomic E-state index is 13.0. The fraction of sp³-hybridized carbons (Fsp3) is 0.250. The number of fused-ring (bicyclic) bond motifs is 3. The molecule has 0 aliphatic carbocycles. The Hall–Kier alpha value is -2.75. The molecule has 24 heavy (non-hydrogen) atoms. The SMILES string of the molecule is CCOc1ccccc1C(=O)N1CCc2[nH]c3ccccc3c2C1. The number of H-pyrrole nitrogens is 1. The summed E-state index contributed by atoms with van der Waals surface area (Å²) in [6, 6.07) is 15.8. The van der Waals surface area contributed by atoms with Gasteiger partial charge in [-0.1, -0.05) is 30.3 Å². The molecule has 1 N–H and O–H groups in total. The molecule has 4 heteroatoms. The number of hydrogen-bond donors (Lipinski definition) is 1. The third-order valence-electron chi connectivity index (χ3n) is 4.59. The first kappa shape index (κ1) is 14.8. The van der Waals surface area contributed by atoms with Gasteiger partial charge >= 0.3 is 0 Å². The molecule has 3 aromatic rings. The first-order chi connectivity index (χ1) is 11.8. The number of aromatic amines is 1.